The van der Waals surface area contributed by atoms with Gasteiger partial charge in [-0.15, -0.1) is 0 Å². The molecule has 0 saturated carbocycles. The van der Waals surface area contributed by atoms with E-state index in [1.165, 1.54) is 0 Å². The SMILES string of the molecule is O=C(O)c1cc(I)ccc1C1CCN1. The van der Waals surface area contributed by atoms with E-state index < -0.39 is 5.97 Å². The zero-order valence-corrected chi connectivity index (χ0v) is 9.61. The van der Waals surface area contributed by atoms with Crippen LogP contribution < -0.4 is 5.32 Å². The lowest BCUT2D eigenvalue weighted by molar-refractivity contribution is 0.0694. The van der Waals surface area contributed by atoms with Crippen LogP contribution in [0.25, 0.3) is 0 Å². The van der Waals surface area contributed by atoms with Crippen molar-refractivity contribution in [3.8, 4) is 0 Å². The van der Waals surface area contributed by atoms with Crippen molar-refractivity contribution in [2.75, 3.05) is 6.54 Å². The normalized spacial score (nSPS) is 20.2. The van der Waals surface area contributed by atoms with Crippen molar-refractivity contribution < 1.29 is 9.90 Å². The van der Waals surface area contributed by atoms with Gasteiger partial charge in [0.05, 0.1) is 5.56 Å². The van der Waals surface area contributed by atoms with Crippen LogP contribution in [0, 0.1) is 3.57 Å². The van der Waals surface area contributed by atoms with E-state index in [0.717, 1.165) is 22.1 Å². The average molecular weight is 303 g/mol. The number of hydrogen-bond donors (Lipinski definition) is 2. The van der Waals surface area contributed by atoms with Gasteiger partial charge in [-0.1, -0.05) is 6.07 Å². The van der Waals surface area contributed by atoms with Gasteiger partial charge in [0.25, 0.3) is 0 Å². The maximum Gasteiger partial charge on any atom is 0.336 e. The first-order valence-corrected chi connectivity index (χ1v) is 5.52. The predicted molar refractivity (Wildman–Crippen MR) is 61.5 cm³/mol. The number of nitrogens with one attached hydrogen (secondary N) is 1. The fourth-order valence-corrected chi connectivity index (χ4v) is 2.06. The summed E-state index contributed by atoms with van der Waals surface area (Å²) < 4.78 is 0.961. The number of aromatic carboxylic acids is 1. The first-order valence-electron chi connectivity index (χ1n) is 4.44. The minimum absolute atomic E-state index is 0.234. The largest absolute Gasteiger partial charge is 0.478 e. The van der Waals surface area contributed by atoms with Crippen LogP contribution in [-0.4, -0.2) is 17.6 Å². The lowest BCUT2D eigenvalue weighted by Crippen LogP contribution is -2.36. The first kappa shape index (κ1) is 9.92. The summed E-state index contributed by atoms with van der Waals surface area (Å²) in [6.07, 6.45) is 1.03. The van der Waals surface area contributed by atoms with E-state index in [1.807, 2.05) is 12.1 Å². The summed E-state index contributed by atoms with van der Waals surface area (Å²) in [5.74, 6) is -0.841. The second-order valence-corrected chi connectivity index (χ2v) is 4.58. The highest BCUT2D eigenvalue weighted by atomic mass is 127. The summed E-state index contributed by atoms with van der Waals surface area (Å²) in [4.78, 5) is 11.0. The van der Waals surface area contributed by atoms with E-state index in [1.54, 1.807) is 6.07 Å². The van der Waals surface area contributed by atoms with E-state index in [9.17, 15) is 4.79 Å². The molecule has 1 unspecified atom stereocenters. The summed E-state index contributed by atoms with van der Waals surface area (Å²) in [5.41, 5.74) is 1.33. The van der Waals surface area contributed by atoms with E-state index in [2.05, 4.69) is 27.9 Å². The van der Waals surface area contributed by atoms with Gasteiger partial charge >= 0.3 is 5.97 Å². The van der Waals surface area contributed by atoms with Crippen LogP contribution in [-0.2, 0) is 0 Å². The third-order valence-corrected chi connectivity index (χ3v) is 3.12. The van der Waals surface area contributed by atoms with Crippen molar-refractivity contribution in [2.45, 2.75) is 12.5 Å². The Labute approximate surface area is 95.7 Å². The van der Waals surface area contributed by atoms with Gasteiger partial charge in [0.15, 0.2) is 0 Å². The third-order valence-electron chi connectivity index (χ3n) is 2.44. The maximum absolute atomic E-state index is 11.0. The number of rotatable bonds is 2. The molecule has 0 aliphatic carbocycles. The van der Waals surface area contributed by atoms with Gasteiger partial charge in [0.1, 0.15) is 0 Å². The summed E-state index contributed by atoms with van der Waals surface area (Å²) in [6.45, 7) is 0.982. The van der Waals surface area contributed by atoms with Crippen molar-refractivity contribution in [1.82, 2.24) is 5.32 Å². The van der Waals surface area contributed by atoms with Crippen molar-refractivity contribution in [3.63, 3.8) is 0 Å². The second-order valence-electron chi connectivity index (χ2n) is 3.33. The molecule has 3 nitrogen and oxygen atoms in total. The lowest BCUT2D eigenvalue weighted by Gasteiger charge is -2.29. The molecule has 4 heteroatoms. The van der Waals surface area contributed by atoms with Crippen LogP contribution in [0.2, 0.25) is 0 Å². The predicted octanol–water partition coefficient (Wildman–Crippen LogP) is 2.02. The Balaban J connectivity index is 2.41. The molecular weight excluding hydrogens is 293 g/mol. The molecule has 14 heavy (non-hydrogen) atoms. The molecule has 1 heterocycles. The molecule has 1 aliphatic rings. The molecule has 1 saturated heterocycles. The molecule has 2 rings (SSSR count). The number of benzene rings is 1. The summed E-state index contributed by atoms with van der Waals surface area (Å²) in [6, 6.07) is 5.81. The summed E-state index contributed by atoms with van der Waals surface area (Å²) in [7, 11) is 0. The van der Waals surface area contributed by atoms with Gasteiger partial charge in [-0.05, 0) is 53.3 Å². The van der Waals surface area contributed by atoms with Crippen LogP contribution in [0.1, 0.15) is 28.4 Å². The van der Waals surface area contributed by atoms with Crippen LogP contribution in [0.15, 0.2) is 18.2 Å². The minimum Gasteiger partial charge on any atom is -0.478 e. The lowest BCUT2D eigenvalue weighted by atomic mass is 9.93. The molecule has 0 radical (unpaired) electrons. The molecule has 0 aromatic heterocycles. The Hall–Kier alpha value is -0.620. The Kier molecular flexibility index (Phi) is 2.73. The molecule has 0 spiro atoms. The fourth-order valence-electron chi connectivity index (χ4n) is 1.57. The molecule has 1 atom stereocenters. The molecule has 2 N–H and O–H groups in total. The molecule has 1 aromatic carbocycles. The monoisotopic (exact) mass is 303 g/mol. The van der Waals surface area contributed by atoms with Crippen molar-refractivity contribution in [3.05, 3.63) is 32.9 Å². The Morgan fingerprint density at radius 3 is 2.79 bits per heavy atom. The Bertz CT molecular complexity index is 374. The summed E-state index contributed by atoms with van der Waals surface area (Å²) >= 11 is 2.13. The number of carbonyl (C=O) groups is 1. The summed E-state index contributed by atoms with van der Waals surface area (Å²) in [5, 5.41) is 12.2. The highest BCUT2D eigenvalue weighted by Crippen LogP contribution is 2.27. The van der Waals surface area contributed by atoms with Gasteiger partial charge in [0.2, 0.25) is 0 Å². The van der Waals surface area contributed by atoms with E-state index >= 15 is 0 Å². The Morgan fingerprint density at radius 2 is 2.29 bits per heavy atom. The van der Waals surface area contributed by atoms with Gasteiger partial charge in [-0.25, -0.2) is 4.79 Å². The van der Waals surface area contributed by atoms with E-state index in [0.29, 0.717) is 5.56 Å². The van der Waals surface area contributed by atoms with E-state index in [-0.39, 0.29) is 6.04 Å². The van der Waals surface area contributed by atoms with Gasteiger partial charge in [-0.3, -0.25) is 0 Å². The average Bonchev–Trinajstić information content (AvgIpc) is 2.04. The molecular formula is C10H10INO2. The third kappa shape index (κ3) is 1.76. The van der Waals surface area contributed by atoms with Crippen LogP contribution in [0.3, 0.4) is 0 Å². The topological polar surface area (TPSA) is 49.3 Å². The van der Waals surface area contributed by atoms with Crippen molar-refractivity contribution in [1.29, 1.82) is 0 Å². The highest BCUT2D eigenvalue weighted by molar-refractivity contribution is 14.1. The zero-order chi connectivity index (χ0) is 10.1. The van der Waals surface area contributed by atoms with Crippen LogP contribution in [0.4, 0.5) is 0 Å². The van der Waals surface area contributed by atoms with E-state index in [4.69, 9.17) is 5.11 Å². The van der Waals surface area contributed by atoms with Crippen LogP contribution >= 0.6 is 22.6 Å². The quantitative estimate of drug-likeness (QED) is 0.822. The number of halogens is 1. The highest BCUT2D eigenvalue weighted by Gasteiger charge is 2.23. The number of hydrogen-bond acceptors (Lipinski definition) is 2. The smallest absolute Gasteiger partial charge is 0.336 e. The molecule has 1 aliphatic heterocycles. The molecule has 1 aromatic rings. The Morgan fingerprint density at radius 1 is 1.57 bits per heavy atom. The van der Waals surface area contributed by atoms with Crippen molar-refractivity contribution >= 4 is 28.6 Å². The molecule has 0 amide bonds. The van der Waals surface area contributed by atoms with Gasteiger partial charge < -0.3 is 10.4 Å². The molecule has 0 bridgehead atoms. The molecule has 74 valence electrons. The number of carboxylic acid groups (broad SMARTS) is 1. The number of carboxylic acids is 1. The standard InChI is InChI=1S/C10H10INO2/c11-6-1-2-7(9-3-4-12-9)8(5-6)10(13)14/h1-2,5,9,12H,3-4H2,(H,13,14). The first-order chi connectivity index (χ1) is 6.68. The second kappa shape index (κ2) is 3.86. The van der Waals surface area contributed by atoms with Crippen LogP contribution in [0.5, 0.6) is 0 Å². The van der Waals surface area contributed by atoms with Gasteiger partial charge in [-0.2, -0.15) is 0 Å². The fraction of sp³-hybridized carbons (Fsp3) is 0.300. The maximum atomic E-state index is 11.0. The minimum atomic E-state index is -0.841. The van der Waals surface area contributed by atoms with Crippen molar-refractivity contribution in [2.24, 2.45) is 0 Å². The molecule has 1 fully saturated rings. The van der Waals surface area contributed by atoms with Gasteiger partial charge in [0, 0.05) is 9.61 Å². The zero-order valence-electron chi connectivity index (χ0n) is 7.46.